The Balaban J connectivity index is 1.91. The summed E-state index contributed by atoms with van der Waals surface area (Å²) in [4.78, 5) is 13.2. The fraction of sp³-hybridized carbons (Fsp3) is 0.643. The zero-order chi connectivity index (χ0) is 13.5. The molecule has 2 N–H and O–H groups in total. The van der Waals surface area contributed by atoms with Crippen LogP contribution in [0.3, 0.4) is 0 Å². The van der Waals surface area contributed by atoms with Crippen molar-refractivity contribution in [1.29, 1.82) is 0 Å². The van der Waals surface area contributed by atoms with Gasteiger partial charge in [-0.25, -0.2) is 4.79 Å². The van der Waals surface area contributed by atoms with Gasteiger partial charge in [-0.15, -0.1) is 11.3 Å². The lowest BCUT2D eigenvalue weighted by molar-refractivity contribution is -0.00587. The minimum atomic E-state index is -0.277. The quantitative estimate of drug-likeness (QED) is 0.846. The molecule has 2 aliphatic rings. The van der Waals surface area contributed by atoms with Crippen molar-refractivity contribution in [2.45, 2.75) is 44.6 Å². The minimum Gasteiger partial charge on any atom is -0.462 e. The Kier molecular flexibility index (Phi) is 3.27. The first-order valence-electron chi connectivity index (χ1n) is 6.86. The first kappa shape index (κ1) is 12.9. The monoisotopic (exact) mass is 281 g/mol. The van der Waals surface area contributed by atoms with Crippen LogP contribution >= 0.6 is 11.3 Å². The van der Waals surface area contributed by atoms with Crippen molar-refractivity contribution in [1.82, 2.24) is 0 Å². The largest absolute Gasteiger partial charge is 0.462 e. The van der Waals surface area contributed by atoms with Gasteiger partial charge in [0, 0.05) is 17.9 Å². The van der Waals surface area contributed by atoms with Gasteiger partial charge in [0.25, 0.3) is 0 Å². The molecule has 0 saturated carbocycles. The minimum absolute atomic E-state index is 0.0101. The van der Waals surface area contributed by atoms with Crippen LogP contribution in [-0.2, 0) is 22.3 Å². The molecule has 1 atom stereocenters. The molecule has 104 valence electrons. The number of fused-ring (bicyclic) bond motifs is 1. The van der Waals surface area contributed by atoms with E-state index in [1.165, 1.54) is 16.2 Å². The van der Waals surface area contributed by atoms with E-state index in [4.69, 9.17) is 15.2 Å². The van der Waals surface area contributed by atoms with Crippen molar-refractivity contribution in [3.8, 4) is 0 Å². The molecule has 0 bridgehead atoms. The van der Waals surface area contributed by atoms with Crippen LogP contribution in [0.5, 0.6) is 0 Å². The summed E-state index contributed by atoms with van der Waals surface area (Å²) in [7, 11) is 0. The van der Waals surface area contributed by atoms with Crippen LogP contribution in [0.4, 0.5) is 5.00 Å². The second-order valence-electron chi connectivity index (χ2n) is 5.28. The highest BCUT2D eigenvalue weighted by Crippen LogP contribution is 2.44. The Morgan fingerprint density at radius 1 is 1.53 bits per heavy atom. The Bertz CT molecular complexity index is 503. The number of anilines is 1. The van der Waals surface area contributed by atoms with Crippen molar-refractivity contribution in [2.75, 3.05) is 18.9 Å². The van der Waals surface area contributed by atoms with Crippen LogP contribution < -0.4 is 5.73 Å². The molecule has 1 spiro atoms. The van der Waals surface area contributed by atoms with E-state index in [9.17, 15) is 4.79 Å². The molecule has 1 aromatic heterocycles. The topological polar surface area (TPSA) is 61.5 Å². The lowest BCUT2D eigenvalue weighted by Gasteiger charge is -2.32. The molecule has 1 fully saturated rings. The van der Waals surface area contributed by atoms with Gasteiger partial charge in [0.2, 0.25) is 0 Å². The summed E-state index contributed by atoms with van der Waals surface area (Å²) in [6.45, 7) is 3.06. The molecular formula is C14H19NO3S. The van der Waals surface area contributed by atoms with Crippen LogP contribution in [0, 0.1) is 0 Å². The van der Waals surface area contributed by atoms with Gasteiger partial charge in [0.15, 0.2) is 0 Å². The van der Waals surface area contributed by atoms with Crippen LogP contribution in [0.25, 0.3) is 0 Å². The van der Waals surface area contributed by atoms with Crippen LogP contribution in [0.1, 0.15) is 47.0 Å². The van der Waals surface area contributed by atoms with Crippen LogP contribution in [0.2, 0.25) is 0 Å². The van der Waals surface area contributed by atoms with Gasteiger partial charge in [-0.05, 0) is 38.2 Å². The molecule has 1 aromatic rings. The van der Waals surface area contributed by atoms with E-state index in [-0.39, 0.29) is 11.6 Å². The fourth-order valence-corrected chi connectivity index (χ4v) is 4.43. The predicted molar refractivity (Wildman–Crippen MR) is 74.6 cm³/mol. The molecule has 1 unspecified atom stereocenters. The number of hydrogen-bond acceptors (Lipinski definition) is 5. The van der Waals surface area contributed by atoms with Crippen molar-refractivity contribution < 1.29 is 14.3 Å². The average molecular weight is 281 g/mol. The molecule has 2 heterocycles. The summed E-state index contributed by atoms with van der Waals surface area (Å²) >= 11 is 1.53. The highest BCUT2D eigenvalue weighted by molar-refractivity contribution is 7.16. The molecule has 4 nitrogen and oxygen atoms in total. The van der Waals surface area contributed by atoms with Crippen LogP contribution in [0.15, 0.2) is 0 Å². The summed E-state index contributed by atoms with van der Waals surface area (Å²) in [5.41, 5.74) is 7.73. The molecule has 19 heavy (non-hydrogen) atoms. The maximum atomic E-state index is 12.0. The molecule has 1 saturated heterocycles. The van der Waals surface area contributed by atoms with Gasteiger partial charge in [-0.3, -0.25) is 0 Å². The number of rotatable bonds is 2. The number of esters is 1. The number of carbonyl (C=O) groups excluding carboxylic acids is 1. The Morgan fingerprint density at radius 2 is 2.37 bits per heavy atom. The summed E-state index contributed by atoms with van der Waals surface area (Å²) in [5.74, 6) is -0.277. The van der Waals surface area contributed by atoms with Gasteiger partial charge >= 0.3 is 5.97 Å². The third-order valence-corrected chi connectivity index (χ3v) is 5.16. The maximum Gasteiger partial charge on any atom is 0.341 e. The summed E-state index contributed by atoms with van der Waals surface area (Å²) in [6, 6.07) is 0. The third-order valence-electron chi connectivity index (χ3n) is 4.10. The first-order chi connectivity index (χ1) is 9.15. The number of nitrogens with two attached hydrogens (primary N) is 1. The van der Waals surface area contributed by atoms with Gasteiger partial charge in [-0.1, -0.05) is 0 Å². The Hall–Kier alpha value is -1.07. The van der Waals surface area contributed by atoms with Gasteiger partial charge < -0.3 is 15.2 Å². The summed E-state index contributed by atoms with van der Waals surface area (Å²) in [6.07, 6.45) is 5.02. The van der Waals surface area contributed by atoms with Gasteiger partial charge in [0.05, 0.1) is 17.8 Å². The SMILES string of the molecule is CCOC(=O)c1c(N)sc2c1CCC1(CCCO1)C2. The molecule has 3 rings (SSSR count). The van der Waals surface area contributed by atoms with E-state index in [0.717, 1.165) is 44.3 Å². The zero-order valence-corrected chi connectivity index (χ0v) is 12.0. The van der Waals surface area contributed by atoms with E-state index in [1.54, 1.807) is 0 Å². The molecule has 1 aliphatic heterocycles. The summed E-state index contributed by atoms with van der Waals surface area (Å²) in [5, 5.41) is 0.596. The van der Waals surface area contributed by atoms with Crippen molar-refractivity contribution in [3.63, 3.8) is 0 Å². The van der Waals surface area contributed by atoms with Crippen LogP contribution in [-0.4, -0.2) is 24.8 Å². The van der Waals surface area contributed by atoms with Gasteiger partial charge in [0.1, 0.15) is 5.00 Å². The number of ether oxygens (including phenoxy) is 2. The van der Waals surface area contributed by atoms with Gasteiger partial charge in [-0.2, -0.15) is 0 Å². The predicted octanol–water partition coefficient (Wildman–Crippen LogP) is 2.54. The molecule has 0 radical (unpaired) electrons. The lowest BCUT2D eigenvalue weighted by atomic mass is 9.81. The molecular weight excluding hydrogens is 262 g/mol. The maximum absolute atomic E-state index is 12.0. The smallest absolute Gasteiger partial charge is 0.341 e. The molecule has 1 aliphatic carbocycles. The number of carbonyl (C=O) groups is 1. The van der Waals surface area contributed by atoms with E-state index in [0.29, 0.717) is 17.2 Å². The Morgan fingerprint density at radius 3 is 3.05 bits per heavy atom. The highest BCUT2D eigenvalue weighted by atomic mass is 32.1. The second-order valence-corrected chi connectivity index (χ2v) is 6.41. The number of nitrogen functional groups attached to an aromatic ring is 1. The van der Waals surface area contributed by atoms with Crippen molar-refractivity contribution in [2.24, 2.45) is 0 Å². The van der Waals surface area contributed by atoms with Crippen molar-refractivity contribution >= 4 is 22.3 Å². The highest BCUT2D eigenvalue weighted by Gasteiger charge is 2.41. The van der Waals surface area contributed by atoms with E-state index in [1.807, 2.05) is 6.92 Å². The molecule has 5 heteroatoms. The lowest BCUT2D eigenvalue weighted by Crippen LogP contribution is -2.34. The number of thiophene rings is 1. The normalized spacial score (nSPS) is 25.5. The van der Waals surface area contributed by atoms with Crippen molar-refractivity contribution in [3.05, 3.63) is 16.0 Å². The average Bonchev–Trinajstić information content (AvgIpc) is 2.93. The zero-order valence-electron chi connectivity index (χ0n) is 11.2. The van der Waals surface area contributed by atoms with E-state index in [2.05, 4.69) is 0 Å². The standard InChI is InChI=1S/C14H19NO3S/c1-2-17-13(16)11-9-4-6-14(5-3-7-18-14)8-10(9)19-12(11)15/h2-8,15H2,1H3. The Labute approximate surface area is 116 Å². The number of hydrogen-bond donors (Lipinski definition) is 1. The first-order valence-corrected chi connectivity index (χ1v) is 7.68. The summed E-state index contributed by atoms with van der Waals surface area (Å²) < 4.78 is 11.1. The van der Waals surface area contributed by atoms with E-state index >= 15 is 0 Å². The molecule has 0 amide bonds. The second kappa shape index (κ2) is 4.80. The van der Waals surface area contributed by atoms with E-state index < -0.39 is 0 Å². The fourth-order valence-electron chi connectivity index (χ4n) is 3.19. The molecule has 0 aromatic carbocycles. The third kappa shape index (κ3) is 2.15.